The summed E-state index contributed by atoms with van der Waals surface area (Å²) in [5.74, 6) is -1.53. The average Bonchev–Trinajstić information content (AvgIpc) is 2.41. The standard InChI is InChI=1S/C11H12F2N2O.C5H7NO2/c1-7(16)14-10-5-15(6-10)11-3-8(12)2-9(13)4-11;7-4-2-1-3-5(8)6-4/h2-4,10H,5-6H2,1H3,(H,14,16);1-3H2,(H,6,7,8). The minimum atomic E-state index is -0.585. The van der Waals surface area contributed by atoms with Crippen LogP contribution in [-0.2, 0) is 14.4 Å². The topological polar surface area (TPSA) is 78.5 Å². The molecule has 1 aromatic rings. The summed E-state index contributed by atoms with van der Waals surface area (Å²) < 4.78 is 25.8. The summed E-state index contributed by atoms with van der Waals surface area (Å²) in [4.78, 5) is 33.2. The molecule has 0 saturated carbocycles. The van der Waals surface area contributed by atoms with Gasteiger partial charge in [-0.3, -0.25) is 19.7 Å². The lowest BCUT2D eigenvalue weighted by molar-refractivity contribution is -0.133. The highest BCUT2D eigenvalue weighted by Gasteiger charge is 2.27. The van der Waals surface area contributed by atoms with Gasteiger partial charge in [0, 0.05) is 44.6 Å². The van der Waals surface area contributed by atoms with Gasteiger partial charge in [0.05, 0.1) is 6.04 Å². The second kappa shape index (κ2) is 7.85. The molecule has 130 valence electrons. The Labute approximate surface area is 138 Å². The van der Waals surface area contributed by atoms with Crippen molar-refractivity contribution in [1.82, 2.24) is 10.6 Å². The Balaban J connectivity index is 0.000000219. The van der Waals surface area contributed by atoms with Gasteiger partial charge in [0.15, 0.2) is 0 Å². The molecule has 2 fully saturated rings. The molecular weight excluding hydrogens is 320 g/mol. The number of hydrogen-bond donors (Lipinski definition) is 2. The molecule has 24 heavy (non-hydrogen) atoms. The Morgan fingerprint density at radius 3 is 2.08 bits per heavy atom. The lowest BCUT2D eigenvalue weighted by Gasteiger charge is -2.41. The van der Waals surface area contributed by atoms with Crippen molar-refractivity contribution in [2.45, 2.75) is 32.2 Å². The van der Waals surface area contributed by atoms with Gasteiger partial charge in [0.1, 0.15) is 11.6 Å². The number of hydrogen-bond acceptors (Lipinski definition) is 4. The molecule has 6 nitrogen and oxygen atoms in total. The normalized spacial score (nSPS) is 17.4. The van der Waals surface area contributed by atoms with Crippen molar-refractivity contribution >= 4 is 23.4 Å². The summed E-state index contributed by atoms with van der Waals surface area (Å²) in [6.07, 6.45) is 1.72. The fraction of sp³-hybridized carbons (Fsp3) is 0.438. The van der Waals surface area contributed by atoms with Crippen LogP contribution in [-0.4, -0.2) is 36.9 Å². The predicted octanol–water partition coefficient (Wildman–Crippen LogP) is 1.10. The number of amides is 3. The second-order valence-corrected chi connectivity index (χ2v) is 5.75. The lowest BCUT2D eigenvalue weighted by Crippen LogP contribution is -2.59. The zero-order valence-electron chi connectivity index (χ0n) is 13.3. The summed E-state index contributed by atoms with van der Waals surface area (Å²) in [6.45, 7) is 2.62. The molecule has 2 N–H and O–H groups in total. The number of anilines is 1. The molecule has 2 heterocycles. The highest BCUT2D eigenvalue weighted by atomic mass is 19.1. The Kier molecular flexibility index (Phi) is 5.83. The molecule has 3 amide bonds. The maximum atomic E-state index is 12.9. The van der Waals surface area contributed by atoms with E-state index < -0.39 is 11.6 Å². The minimum Gasteiger partial charge on any atom is -0.367 e. The van der Waals surface area contributed by atoms with Crippen molar-refractivity contribution in [2.75, 3.05) is 18.0 Å². The molecular formula is C16H19F2N3O3. The number of imide groups is 1. The smallest absolute Gasteiger partial charge is 0.226 e. The SMILES string of the molecule is CC(=O)NC1CN(c2cc(F)cc(F)c2)C1.O=C1CCCC(=O)N1. The van der Waals surface area contributed by atoms with E-state index >= 15 is 0 Å². The summed E-state index contributed by atoms with van der Waals surface area (Å²) in [6, 6.07) is 3.48. The van der Waals surface area contributed by atoms with E-state index in [4.69, 9.17) is 0 Å². The van der Waals surface area contributed by atoms with Crippen molar-refractivity contribution in [2.24, 2.45) is 0 Å². The van der Waals surface area contributed by atoms with Crippen LogP contribution in [0, 0.1) is 11.6 Å². The molecule has 0 bridgehead atoms. The number of carbonyl (C=O) groups is 3. The first kappa shape index (κ1) is 17.8. The Morgan fingerprint density at radius 1 is 1.12 bits per heavy atom. The maximum Gasteiger partial charge on any atom is 0.226 e. The van der Waals surface area contributed by atoms with Gasteiger partial charge in [-0.1, -0.05) is 0 Å². The van der Waals surface area contributed by atoms with Gasteiger partial charge in [-0.05, 0) is 18.6 Å². The monoisotopic (exact) mass is 339 g/mol. The van der Waals surface area contributed by atoms with Gasteiger partial charge in [0.25, 0.3) is 0 Å². The summed E-state index contributed by atoms with van der Waals surface area (Å²) >= 11 is 0. The average molecular weight is 339 g/mol. The highest BCUT2D eigenvalue weighted by Crippen LogP contribution is 2.22. The Hall–Kier alpha value is -2.51. The van der Waals surface area contributed by atoms with Gasteiger partial charge in [-0.2, -0.15) is 0 Å². The van der Waals surface area contributed by atoms with Gasteiger partial charge in [0.2, 0.25) is 17.7 Å². The van der Waals surface area contributed by atoms with Crippen LogP contribution < -0.4 is 15.5 Å². The van der Waals surface area contributed by atoms with Crippen molar-refractivity contribution in [3.8, 4) is 0 Å². The number of carbonyl (C=O) groups excluding carboxylic acids is 3. The van der Waals surface area contributed by atoms with Gasteiger partial charge in [-0.15, -0.1) is 0 Å². The van der Waals surface area contributed by atoms with Crippen LogP contribution in [0.15, 0.2) is 18.2 Å². The van der Waals surface area contributed by atoms with Crippen LogP contribution in [0.4, 0.5) is 14.5 Å². The minimum absolute atomic E-state index is 0.0730. The molecule has 1 aromatic carbocycles. The van der Waals surface area contributed by atoms with Crippen LogP contribution >= 0.6 is 0 Å². The number of nitrogens with zero attached hydrogens (tertiary/aromatic N) is 1. The van der Waals surface area contributed by atoms with Crippen molar-refractivity contribution in [3.05, 3.63) is 29.8 Å². The van der Waals surface area contributed by atoms with Crippen LogP contribution in [0.3, 0.4) is 0 Å². The first-order valence-electron chi connectivity index (χ1n) is 7.64. The molecule has 2 saturated heterocycles. The van der Waals surface area contributed by atoms with Gasteiger partial charge < -0.3 is 10.2 Å². The summed E-state index contributed by atoms with van der Waals surface area (Å²) in [7, 11) is 0. The van der Waals surface area contributed by atoms with Crippen LogP contribution in [0.25, 0.3) is 0 Å². The van der Waals surface area contributed by atoms with Crippen molar-refractivity contribution in [3.63, 3.8) is 0 Å². The molecule has 2 aliphatic rings. The second-order valence-electron chi connectivity index (χ2n) is 5.75. The first-order chi connectivity index (χ1) is 11.3. The molecule has 2 aliphatic heterocycles. The van der Waals surface area contributed by atoms with Gasteiger partial charge >= 0.3 is 0 Å². The quantitative estimate of drug-likeness (QED) is 0.791. The third-order valence-corrected chi connectivity index (χ3v) is 3.59. The fourth-order valence-electron chi connectivity index (χ4n) is 2.48. The molecule has 8 heteroatoms. The van der Waals surface area contributed by atoms with Crippen LogP contribution in [0.5, 0.6) is 0 Å². The Bertz CT molecular complexity index is 611. The van der Waals surface area contributed by atoms with Gasteiger partial charge in [-0.25, -0.2) is 8.78 Å². The third-order valence-electron chi connectivity index (χ3n) is 3.59. The van der Waals surface area contributed by atoms with E-state index in [-0.39, 0.29) is 23.8 Å². The van der Waals surface area contributed by atoms with Crippen molar-refractivity contribution in [1.29, 1.82) is 0 Å². The number of rotatable bonds is 2. The largest absolute Gasteiger partial charge is 0.367 e. The predicted molar refractivity (Wildman–Crippen MR) is 83.2 cm³/mol. The number of nitrogens with one attached hydrogen (secondary N) is 2. The van der Waals surface area contributed by atoms with E-state index in [0.29, 0.717) is 38.0 Å². The molecule has 0 atom stereocenters. The van der Waals surface area contributed by atoms with E-state index in [9.17, 15) is 23.2 Å². The highest BCUT2D eigenvalue weighted by molar-refractivity contribution is 5.97. The van der Waals surface area contributed by atoms with Crippen molar-refractivity contribution < 1.29 is 23.2 Å². The van der Waals surface area contributed by atoms with Crippen LogP contribution in [0.1, 0.15) is 26.2 Å². The molecule has 0 spiro atoms. The maximum absolute atomic E-state index is 12.9. The molecule has 3 rings (SSSR count). The number of benzene rings is 1. The fourth-order valence-corrected chi connectivity index (χ4v) is 2.48. The molecule has 0 aromatic heterocycles. The zero-order valence-corrected chi connectivity index (χ0v) is 13.3. The molecule has 0 aliphatic carbocycles. The van der Waals surface area contributed by atoms with E-state index in [1.54, 1.807) is 0 Å². The first-order valence-corrected chi connectivity index (χ1v) is 7.64. The number of piperidine rings is 1. The van der Waals surface area contributed by atoms with E-state index in [2.05, 4.69) is 10.6 Å². The number of halogens is 2. The summed E-state index contributed by atoms with van der Waals surface area (Å²) in [5.41, 5.74) is 0.513. The lowest BCUT2D eigenvalue weighted by atomic mass is 10.1. The molecule has 0 unspecified atom stereocenters. The van der Waals surface area contributed by atoms with E-state index in [0.717, 1.165) is 6.07 Å². The molecule has 0 radical (unpaired) electrons. The Morgan fingerprint density at radius 2 is 1.67 bits per heavy atom. The van der Waals surface area contributed by atoms with Crippen LogP contribution in [0.2, 0.25) is 0 Å². The van der Waals surface area contributed by atoms with E-state index in [1.165, 1.54) is 19.1 Å². The summed E-state index contributed by atoms with van der Waals surface area (Å²) in [5, 5.41) is 4.94. The van der Waals surface area contributed by atoms with E-state index in [1.807, 2.05) is 4.90 Å². The third kappa shape index (κ3) is 5.29. The zero-order chi connectivity index (χ0) is 17.7.